The molecule has 1 amide bonds. The zero-order valence-electron chi connectivity index (χ0n) is 19.9. The smallest absolute Gasteiger partial charge is 0.247 e. The number of anilines is 4. The summed E-state index contributed by atoms with van der Waals surface area (Å²) >= 11 is 0. The number of benzene rings is 3. The average Bonchev–Trinajstić information content (AvgIpc) is 2.93. The molecule has 4 N–H and O–H groups in total. The lowest BCUT2D eigenvalue weighted by Crippen LogP contribution is -2.45. The molecule has 1 aliphatic rings. The van der Waals surface area contributed by atoms with E-state index in [4.69, 9.17) is 15.5 Å². The Balaban J connectivity index is 1.38. The van der Waals surface area contributed by atoms with Crippen LogP contribution in [0.4, 0.5) is 23.0 Å². The van der Waals surface area contributed by atoms with Crippen LogP contribution in [0.25, 0.3) is 22.0 Å². The monoisotopic (exact) mass is 480 g/mol. The first-order valence-electron chi connectivity index (χ1n) is 11.9. The van der Waals surface area contributed by atoms with Gasteiger partial charge < -0.3 is 26.0 Å². The number of morpholine rings is 1. The Labute approximate surface area is 209 Å². The van der Waals surface area contributed by atoms with Gasteiger partial charge in [0.2, 0.25) is 11.9 Å². The minimum Gasteiger partial charge on any atom is -0.373 e. The van der Waals surface area contributed by atoms with Crippen molar-refractivity contribution in [1.29, 1.82) is 0 Å². The Morgan fingerprint density at radius 1 is 1.14 bits per heavy atom. The summed E-state index contributed by atoms with van der Waals surface area (Å²) in [4.78, 5) is 23.3. The van der Waals surface area contributed by atoms with Gasteiger partial charge in [0.15, 0.2) is 0 Å². The van der Waals surface area contributed by atoms with E-state index in [1.165, 1.54) is 6.08 Å². The van der Waals surface area contributed by atoms with Crippen LogP contribution >= 0.6 is 0 Å². The van der Waals surface area contributed by atoms with Gasteiger partial charge >= 0.3 is 0 Å². The van der Waals surface area contributed by atoms with Gasteiger partial charge in [-0.15, -0.1) is 0 Å². The Morgan fingerprint density at radius 2 is 1.97 bits per heavy atom. The summed E-state index contributed by atoms with van der Waals surface area (Å²) in [5.41, 5.74) is 11.2. The van der Waals surface area contributed by atoms with Crippen molar-refractivity contribution in [2.24, 2.45) is 5.73 Å². The molecule has 36 heavy (non-hydrogen) atoms. The molecule has 4 aromatic rings. The van der Waals surface area contributed by atoms with Crippen molar-refractivity contribution in [3.05, 3.63) is 85.6 Å². The third kappa shape index (κ3) is 5.19. The number of hydrogen-bond donors (Lipinski definition) is 3. The minimum atomic E-state index is -0.252. The molecule has 0 aliphatic carbocycles. The van der Waals surface area contributed by atoms with E-state index in [0.717, 1.165) is 46.5 Å². The number of nitrogens with two attached hydrogens (primary N) is 1. The molecule has 0 spiro atoms. The first-order valence-corrected chi connectivity index (χ1v) is 11.9. The van der Waals surface area contributed by atoms with Crippen LogP contribution < -0.4 is 21.3 Å². The van der Waals surface area contributed by atoms with Crippen molar-refractivity contribution < 1.29 is 9.53 Å². The van der Waals surface area contributed by atoms with Crippen LogP contribution in [0.5, 0.6) is 0 Å². The van der Waals surface area contributed by atoms with E-state index in [1.54, 1.807) is 0 Å². The number of ether oxygens (including phenoxy) is 1. The molecule has 8 heteroatoms. The summed E-state index contributed by atoms with van der Waals surface area (Å²) in [6, 6.07) is 21.8. The summed E-state index contributed by atoms with van der Waals surface area (Å²) in [6.07, 6.45) is 3.13. The molecule has 2 heterocycles. The molecule has 1 fully saturated rings. The molecule has 182 valence electrons. The standard InChI is InChI=1S/C28H28N6O2/c1-2-26(35)31-22-7-3-5-19(15-22)25-8-4-6-20-17-30-28(33-27(20)25)32-21-9-11-23(12-10-21)34-13-14-36-24(16-29)18-34/h2-12,15,17,24H,1,13-14,16,18,29H2,(H,31,35)(H,30,32,33)/t24-/m1/s1. The molecule has 8 nitrogen and oxygen atoms in total. The van der Waals surface area contributed by atoms with E-state index < -0.39 is 0 Å². The number of aromatic nitrogens is 2. The van der Waals surface area contributed by atoms with Gasteiger partial charge in [0.25, 0.3) is 0 Å². The number of hydrogen-bond acceptors (Lipinski definition) is 7. The third-order valence-corrected chi connectivity index (χ3v) is 6.13. The average molecular weight is 481 g/mol. The van der Waals surface area contributed by atoms with E-state index >= 15 is 0 Å². The lowest BCUT2D eigenvalue weighted by atomic mass is 10.0. The molecule has 0 unspecified atom stereocenters. The first kappa shape index (κ1) is 23.5. The van der Waals surface area contributed by atoms with Crippen LogP contribution in [0.15, 0.2) is 85.6 Å². The number of amides is 1. The highest BCUT2D eigenvalue weighted by Gasteiger charge is 2.19. The largest absolute Gasteiger partial charge is 0.373 e. The molecule has 0 bridgehead atoms. The van der Waals surface area contributed by atoms with Crippen molar-refractivity contribution in [1.82, 2.24) is 9.97 Å². The van der Waals surface area contributed by atoms with Crippen LogP contribution in [0.1, 0.15) is 0 Å². The van der Waals surface area contributed by atoms with Gasteiger partial charge in [0.05, 0.1) is 18.2 Å². The Kier molecular flexibility index (Phi) is 6.88. The maximum atomic E-state index is 11.7. The van der Waals surface area contributed by atoms with Crippen LogP contribution in [0, 0.1) is 0 Å². The molecule has 0 saturated carbocycles. The normalized spacial score (nSPS) is 15.5. The van der Waals surface area contributed by atoms with Gasteiger partial charge in [-0.25, -0.2) is 9.97 Å². The van der Waals surface area contributed by atoms with Gasteiger partial charge in [-0.05, 0) is 48.0 Å². The fourth-order valence-electron chi connectivity index (χ4n) is 4.29. The predicted octanol–water partition coefficient (Wildman–Crippen LogP) is 4.33. The van der Waals surface area contributed by atoms with E-state index in [-0.39, 0.29) is 12.0 Å². The van der Waals surface area contributed by atoms with Crippen LogP contribution in [-0.4, -0.2) is 48.2 Å². The number of rotatable bonds is 7. The number of para-hydroxylation sites is 1. The lowest BCUT2D eigenvalue weighted by molar-refractivity contribution is -0.111. The Morgan fingerprint density at radius 3 is 2.78 bits per heavy atom. The SMILES string of the molecule is C=CC(=O)Nc1cccc(-c2cccc3cnc(Nc4ccc(N5CCO[C@H](CN)C5)cc4)nc23)c1. The molecule has 0 radical (unpaired) electrons. The minimum absolute atomic E-state index is 0.0655. The topological polar surface area (TPSA) is 105 Å². The highest BCUT2D eigenvalue weighted by molar-refractivity contribution is 6.00. The highest BCUT2D eigenvalue weighted by atomic mass is 16.5. The number of carbonyl (C=O) groups is 1. The summed E-state index contributed by atoms with van der Waals surface area (Å²) in [5.74, 6) is 0.256. The van der Waals surface area contributed by atoms with Gasteiger partial charge in [0.1, 0.15) is 0 Å². The summed E-state index contributed by atoms with van der Waals surface area (Å²) in [7, 11) is 0. The quantitative estimate of drug-likeness (QED) is 0.338. The second-order valence-electron chi connectivity index (χ2n) is 8.56. The maximum Gasteiger partial charge on any atom is 0.247 e. The molecule has 1 saturated heterocycles. The number of carbonyl (C=O) groups excluding carboxylic acids is 1. The molecule has 1 atom stereocenters. The molecule has 1 aromatic heterocycles. The molecule has 1 aliphatic heterocycles. The zero-order valence-corrected chi connectivity index (χ0v) is 19.9. The zero-order chi connectivity index (χ0) is 24.9. The maximum absolute atomic E-state index is 11.7. The van der Waals surface area contributed by atoms with Crippen molar-refractivity contribution in [3.8, 4) is 11.1 Å². The predicted molar refractivity (Wildman–Crippen MR) is 145 cm³/mol. The summed E-state index contributed by atoms with van der Waals surface area (Å²) in [5, 5.41) is 7.05. The fourth-order valence-corrected chi connectivity index (χ4v) is 4.29. The third-order valence-electron chi connectivity index (χ3n) is 6.13. The molecule has 5 rings (SSSR count). The van der Waals surface area contributed by atoms with E-state index in [9.17, 15) is 4.79 Å². The number of fused-ring (bicyclic) bond motifs is 1. The molecule has 3 aromatic carbocycles. The lowest BCUT2D eigenvalue weighted by Gasteiger charge is -2.34. The molecular formula is C28H28N6O2. The molecular weight excluding hydrogens is 452 g/mol. The van der Waals surface area contributed by atoms with Gasteiger partial charge in [-0.2, -0.15) is 0 Å². The van der Waals surface area contributed by atoms with Crippen LogP contribution in [-0.2, 0) is 9.53 Å². The summed E-state index contributed by atoms with van der Waals surface area (Å²) in [6.45, 7) is 6.34. The van der Waals surface area contributed by atoms with Crippen molar-refractivity contribution in [2.45, 2.75) is 6.10 Å². The fraction of sp³-hybridized carbons (Fsp3) is 0.179. The number of nitrogens with one attached hydrogen (secondary N) is 2. The van der Waals surface area contributed by atoms with Gasteiger partial charge in [-0.3, -0.25) is 4.79 Å². The highest BCUT2D eigenvalue weighted by Crippen LogP contribution is 2.30. The van der Waals surface area contributed by atoms with Crippen LogP contribution in [0.3, 0.4) is 0 Å². The Bertz CT molecular complexity index is 1390. The first-order chi connectivity index (χ1) is 17.6. The Hall–Kier alpha value is -4.27. The van der Waals surface area contributed by atoms with Crippen LogP contribution in [0.2, 0.25) is 0 Å². The van der Waals surface area contributed by atoms with E-state index in [1.807, 2.05) is 60.8 Å². The second kappa shape index (κ2) is 10.6. The van der Waals surface area contributed by atoms with Crippen molar-refractivity contribution in [3.63, 3.8) is 0 Å². The van der Waals surface area contributed by atoms with E-state index in [2.05, 4.69) is 39.2 Å². The van der Waals surface area contributed by atoms with Gasteiger partial charge in [-0.1, -0.05) is 36.9 Å². The number of nitrogens with zero attached hydrogens (tertiary/aromatic N) is 3. The second-order valence-corrected chi connectivity index (χ2v) is 8.56. The van der Waals surface area contributed by atoms with E-state index in [0.29, 0.717) is 24.8 Å². The van der Waals surface area contributed by atoms with Crippen molar-refractivity contribution >= 4 is 39.8 Å². The van der Waals surface area contributed by atoms with Gasteiger partial charge in [0, 0.05) is 53.8 Å². The summed E-state index contributed by atoms with van der Waals surface area (Å²) < 4.78 is 5.67. The van der Waals surface area contributed by atoms with Crippen molar-refractivity contribution in [2.75, 3.05) is 41.8 Å².